The summed E-state index contributed by atoms with van der Waals surface area (Å²) >= 11 is 0. The number of aromatic amines is 1. The Morgan fingerprint density at radius 2 is 1.97 bits per heavy atom. The lowest BCUT2D eigenvalue weighted by molar-refractivity contribution is -0.124. The Labute approximate surface area is 185 Å². The summed E-state index contributed by atoms with van der Waals surface area (Å²) in [7, 11) is 0. The Morgan fingerprint density at radius 3 is 2.69 bits per heavy atom. The Kier molecular flexibility index (Phi) is 5.98. The molecule has 1 unspecified atom stereocenters. The summed E-state index contributed by atoms with van der Waals surface area (Å²) < 4.78 is 5.53. The zero-order chi connectivity index (χ0) is 22.7. The van der Waals surface area contributed by atoms with Gasteiger partial charge in [-0.25, -0.2) is 9.78 Å². The minimum atomic E-state index is -0.897. The number of H-pyrrole nitrogens is 1. The monoisotopic (exact) mass is 428 g/mol. The van der Waals surface area contributed by atoms with Gasteiger partial charge in [0.1, 0.15) is 5.82 Å². The second kappa shape index (κ2) is 9.01. The van der Waals surface area contributed by atoms with E-state index in [4.69, 9.17) is 4.74 Å². The van der Waals surface area contributed by atoms with Crippen LogP contribution < -0.4 is 5.32 Å². The van der Waals surface area contributed by atoms with E-state index in [1.165, 1.54) is 0 Å². The fourth-order valence-corrected chi connectivity index (χ4v) is 3.46. The molecule has 4 aromatic rings. The molecule has 0 aliphatic carbocycles. The molecule has 2 aromatic heterocycles. The van der Waals surface area contributed by atoms with E-state index in [1.54, 1.807) is 37.5 Å². The zero-order valence-corrected chi connectivity index (χ0v) is 18.2. The first-order valence-corrected chi connectivity index (χ1v) is 10.4. The standard InChI is InChI=1S/C25H24N4O3/c1-4-22(24(30)29-19-9-7-15(2)12-16(19)3)32-25(31)17-8-10-20-21(13-17)28-23(27-20)18-6-5-11-26-14-18/h5-14,22H,4H2,1-3H3,(H,27,28)(H,29,30). The van der Waals surface area contributed by atoms with Crippen molar-refractivity contribution in [2.45, 2.75) is 33.3 Å². The zero-order valence-electron chi connectivity index (χ0n) is 18.2. The molecular weight excluding hydrogens is 404 g/mol. The van der Waals surface area contributed by atoms with Crippen molar-refractivity contribution in [1.29, 1.82) is 0 Å². The van der Waals surface area contributed by atoms with E-state index in [9.17, 15) is 9.59 Å². The van der Waals surface area contributed by atoms with Crippen LogP contribution in [0.5, 0.6) is 0 Å². The molecule has 0 saturated carbocycles. The highest BCUT2D eigenvalue weighted by Gasteiger charge is 2.23. The molecule has 162 valence electrons. The topological polar surface area (TPSA) is 97.0 Å². The van der Waals surface area contributed by atoms with Crippen molar-refractivity contribution >= 4 is 28.6 Å². The van der Waals surface area contributed by atoms with Crippen LogP contribution in [0, 0.1) is 13.8 Å². The molecule has 2 N–H and O–H groups in total. The van der Waals surface area contributed by atoms with Crippen LogP contribution in [0.15, 0.2) is 60.9 Å². The van der Waals surface area contributed by atoms with Crippen LogP contribution in [0.1, 0.15) is 34.8 Å². The molecular formula is C25H24N4O3. The number of aromatic nitrogens is 3. The number of amides is 1. The first-order chi connectivity index (χ1) is 15.4. The number of imidazole rings is 1. The summed E-state index contributed by atoms with van der Waals surface area (Å²) in [6.07, 6.45) is 2.87. The summed E-state index contributed by atoms with van der Waals surface area (Å²) in [5, 5.41) is 2.86. The number of aryl methyl sites for hydroxylation is 2. The van der Waals surface area contributed by atoms with Crippen molar-refractivity contribution in [2.75, 3.05) is 5.32 Å². The van der Waals surface area contributed by atoms with Crippen LogP contribution in [0.2, 0.25) is 0 Å². The summed E-state index contributed by atoms with van der Waals surface area (Å²) in [5.41, 5.74) is 5.38. The summed E-state index contributed by atoms with van der Waals surface area (Å²) in [4.78, 5) is 37.3. The Bertz CT molecular complexity index is 1280. The molecule has 2 heterocycles. The van der Waals surface area contributed by atoms with Gasteiger partial charge in [0.15, 0.2) is 6.10 Å². The summed E-state index contributed by atoms with van der Waals surface area (Å²) in [6.45, 7) is 5.72. The van der Waals surface area contributed by atoms with Crippen LogP contribution in [-0.4, -0.2) is 32.9 Å². The molecule has 0 aliphatic rings. The van der Waals surface area contributed by atoms with Gasteiger partial charge in [-0.1, -0.05) is 24.6 Å². The van der Waals surface area contributed by atoms with Crippen molar-refractivity contribution in [2.24, 2.45) is 0 Å². The van der Waals surface area contributed by atoms with Gasteiger partial charge in [-0.05, 0) is 62.2 Å². The van der Waals surface area contributed by atoms with E-state index in [0.29, 0.717) is 29.0 Å². The fraction of sp³-hybridized carbons (Fsp3) is 0.200. The SMILES string of the molecule is CCC(OC(=O)c1ccc2nc(-c3cccnc3)[nH]c2c1)C(=O)Nc1ccc(C)cc1C. The molecule has 0 aliphatic heterocycles. The third-order valence-corrected chi connectivity index (χ3v) is 5.20. The van der Waals surface area contributed by atoms with Crippen molar-refractivity contribution < 1.29 is 14.3 Å². The van der Waals surface area contributed by atoms with Gasteiger partial charge in [-0.3, -0.25) is 9.78 Å². The maximum atomic E-state index is 12.8. The van der Waals surface area contributed by atoms with E-state index in [-0.39, 0.29) is 5.91 Å². The van der Waals surface area contributed by atoms with E-state index in [1.807, 2.05) is 44.2 Å². The number of carbonyl (C=O) groups excluding carboxylic acids is 2. The Hall–Kier alpha value is -4.00. The number of anilines is 1. The average Bonchev–Trinajstić information content (AvgIpc) is 3.23. The first-order valence-electron chi connectivity index (χ1n) is 10.4. The van der Waals surface area contributed by atoms with E-state index >= 15 is 0 Å². The fourth-order valence-electron chi connectivity index (χ4n) is 3.46. The van der Waals surface area contributed by atoms with Gasteiger partial charge in [-0.15, -0.1) is 0 Å². The molecule has 1 atom stereocenters. The number of fused-ring (bicyclic) bond motifs is 1. The van der Waals surface area contributed by atoms with Crippen LogP contribution in [0.25, 0.3) is 22.4 Å². The number of esters is 1. The van der Waals surface area contributed by atoms with Crippen LogP contribution in [-0.2, 0) is 9.53 Å². The minimum absolute atomic E-state index is 0.344. The van der Waals surface area contributed by atoms with Gasteiger partial charge < -0.3 is 15.0 Å². The largest absolute Gasteiger partial charge is 0.449 e. The second-order valence-corrected chi connectivity index (χ2v) is 7.67. The Morgan fingerprint density at radius 1 is 1.12 bits per heavy atom. The normalized spacial score (nSPS) is 11.8. The highest BCUT2D eigenvalue weighted by atomic mass is 16.5. The quantitative estimate of drug-likeness (QED) is 0.429. The number of nitrogens with one attached hydrogen (secondary N) is 2. The molecule has 1 amide bonds. The van der Waals surface area contributed by atoms with Gasteiger partial charge in [0.25, 0.3) is 5.91 Å². The molecule has 0 fully saturated rings. The molecule has 7 heteroatoms. The summed E-state index contributed by atoms with van der Waals surface area (Å²) in [5.74, 6) is -0.251. The number of hydrogen-bond acceptors (Lipinski definition) is 5. The lowest BCUT2D eigenvalue weighted by Gasteiger charge is -2.17. The van der Waals surface area contributed by atoms with Gasteiger partial charge >= 0.3 is 5.97 Å². The number of pyridine rings is 1. The van der Waals surface area contributed by atoms with Crippen molar-refractivity contribution in [1.82, 2.24) is 15.0 Å². The minimum Gasteiger partial charge on any atom is -0.449 e. The van der Waals surface area contributed by atoms with Crippen molar-refractivity contribution in [3.8, 4) is 11.4 Å². The van der Waals surface area contributed by atoms with Crippen molar-refractivity contribution in [3.05, 3.63) is 77.6 Å². The number of nitrogens with zero attached hydrogens (tertiary/aromatic N) is 2. The number of carbonyl (C=O) groups is 2. The molecule has 7 nitrogen and oxygen atoms in total. The van der Waals surface area contributed by atoms with Crippen molar-refractivity contribution in [3.63, 3.8) is 0 Å². The van der Waals surface area contributed by atoms with E-state index < -0.39 is 12.1 Å². The molecule has 0 spiro atoms. The molecule has 0 radical (unpaired) electrons. The predicted octanol–water partition coefficient (Wildman–Crippen LogP) is 4.82. The lowest BCUT2D eigenvalue weighted by Crippen LogP contribution is -2.32. The first kappa shape index (κ1) is 21.2. The highest BCUT2D eigenvalue weighted by molar-refractivity contribution is 5.99. The maximum Gasteiger partial charge on any atom is 0.338 e. The van der Waals surface area contributed by atoms with Gasteiger partial charge in [-0.2, -0.15) is 0 Å². The smallest absolute Gasteiger partial charge is 0.338 e. The number of ether oxygens (including phenoxy) is 1. The number of hydrogen-bond donors (Lipinski definition) is 2. The molecule has 4 rings (SSSR count). The Balaban J connectivity index is 1.49. The van der Waals surface area contributed by atoms with Crippen LogP contribution >= 0.6 is 0 Å². The third kappa shape index (κ3) is 4.51. The number of benzene rings is 2. The third-order valence-electron chi connectivity index (χ3n) is 5.20. The summed E-state index contributed by atoms with van der Waals surface area (Å²) in [6, 6.07) is 14.6. The average molecular weight is 428 g/mol. The molecule has 32 heavy (non-hydrogen) atoms. The van der Waals surface area contributed by atoms with Crippen LogP contribution in [0.3, 0.4) is 0 Å². The van der Waals surface area contributed by atoms with E-state index in [0.717, 1.165) is 22.2 Å². The molecule has 0 bridgehead atoms. The second-order valence-electron chi connectivity index (χ2n) is 7.67. The molecule has 2 aromatic carbocycles. The van der Waals surface area contributed by atoms with Crippen LogP contribution in [0.4, 0.5) is 5.69 Å². The maximum absolute atomic E-state index is 12.8. The van der Waals surface area contributed by atoms with Gasteiger partial charge in [0.05, 0.1) is 16.6 Å². The van der Waals surface area contributed by atoms with E-state index in [2.05, 4.69) is 20.3 Å². The predicted molar refractivity (Wildman–Crippen MR) is 123 cm³/mol. The van der Waals surface area contributed by atoms with Gasteiger partial charge in [0, 0.05) is 23.6 Å². The van der Waals surface area contributed by atoms with Gasteiger partial charge in [0.2, 0.25) is 0 Å². The lowest BCUT2D eigenvalue weighted by atomic mass is 10.1. The highest BCUT2D eigenvalue weighted by Crippen LogP contribution is 2.22. The number of rotatable bonds is 6. The molecule has 0 saturated heterocycles.